The molecule has 0 spiro atoms. The minimum absolute atomic E-state index is 0.0768. The van der Waals surface area contributed by atoms with Crippen molar-refractivity contribution in [3.05, 3.63) is 70.0 Å². The summed E-state index contributed by atoms with van der Waals surface area (Å²) in [7, 11) is 0. The summed E-state index contributed by atoms with van der Waals surface area (Å²) in [5.74, 6) is 0.394. The first-order chi connectivity index (χ1) is 12.0. The van der Waals surface area contributed by atoms with Crippen molar-refractivity contribution in [1.29, 1.82) is 0 Å². The van der Waals surface area contributed by atoms with E-state index in [9.17, 15) is 9.59 Å². The molecule has 5 heteroatoms. The van der Waals surface area contributed by atoms with Crippen molar-refractivity contribution in [1.82, 2.24) is 4.98 Å². The van der Waals surface area contributed by atoms with Crippen LogP contribution < -0.4 is 15.6 Å². The first-order valence-corrected chi connectivity index (χ1v) is 8.20. The third-order valence-electron chi connectivity index (χ3n) is 3.98. The van der Waals surface area contributed by atoms with Crippen LogP contribution in [-0.2, 0) is 11.2 Å². The number of benzene rings is 2. The van der Waals surface area contributed by atoms with Crippen LogP contribution in [0.3, 0.4) is 0 Å². The normalized spacial score (nSPS) is 10.6. The summed E-state index contributed by atoms with van der Waals surface area (Å²) in [6.07, 6.45) is 0.774. The lowest BCUT2D eigenvalue weighted by Gasteiger charge is -2.09. The Balaban J connectivity index is 1.70. The van der Waals surface area contributed by atoms with Gasteiger partial charge in [0.15, 0.2) is 6.61 Å². The Hall–Kier alpha value is -3.08. The Morgan fingerprint density at radius 2 is 1.88 bits per heavy atom. The van der Waals surface area contributed by atoms with Gasteiger partial charge < -0.3 is 15.0 Å². The molecule has 3 aromatic rings. The predicted molar refractivity (Wildman–Crippen MR) is 99.3 cm³/mol. The molecule has 0 saturated carbocycles. The van der Waals surface area contributed by atoms with Crippen molar-refractivity contribution in [2.75, 3.05) is 11.9 Å². The number of pyridine rings is 1. The summed E-state index contributed by atoms with van der Waals surface area (Å²) in [4.78, 5) is 26.6. The van der Waals surface area contributed by atoms with Gasteiger partial charge in [0.1, 0.15) is 5.75 Å². The average Bonchev–Trinajstić information content (AvgIpc) is 2.60. The minimum atomic E-state index is -0.256. The summed E-state index contributed by atoms with van der Waals surface area (Å²) < 4.78 is 5.47. The molecule has 0 aliphatic rings. The highest BCUT2D eigenvalue weighted by Gasteiger charge is 2.07. The fraction of sp³-hybridized carbons (Fsp3) is 0.200. The van der Waals surface area contributed by atoms with Gasteiger partial charge in [-0.15, -0.1) is 0 Å². The molecule has 25 heavy (non-hydrogen) atoms. The number of fused-ring (bicyclic) bond motifs is 1. The third kappa shape index (κ3) is 4.07. The summed E-state index contributed by atoms with van der Waals surface area (Å²) in [5, 5.41) is 3.77. The van der Waals surface area contributed by atoms with Crippen LogP contribution in [0.25, 0.3) is 10.9 Å². The van der Waals surface area contributed by atoms with E-state index in [4.69, 9.17) is 4.74 Å². The second-order valence-corrected chi connectivity index (χ2v) is 5.92. The van der Waals surface area contributed by atoms with Gasteiger partial charge in [0.2, 0.25) is 5.56 Å². The zero-order valence-corrected chi connectivity index (χ0v) is 14.3. The summed E-state index contributed by atoms with van der Waals surface area (Å²) in [5.41, 5.74) is 3.30. The van der Waals surface area contributed by atoms with Gasteiger partial charge in [-0.25, -0.2) is 0 Å². The van der Waals surface area contributed by atoms with Crippen LogP contribution in [-0.4, -0.2) is 17.5 Å². The number of amides is 1. The Morgan fingerprint density at radius 3 is 2.60 bits per heavy atom. The van der Waals surface area contributed by atoms with Crippen molar-refractivity contribution in [2.24, 2.45) is 0 Å². The lowest BCUT2D eigenvalue weighted by molar-refractivity contribution is -0.118. The molecule has 0 saturated heterocycles. The van der Waals surface area contributed by atoms with Crippen LogP contribution in [0, 0.1) is 6.92 Å². The number of rotatable bonds is 5. The van der Waals surface area contributed by atoms with Gasteiger partial charge in [-0.2, -0.15) is 0 Å². The van der Waals surface area contributed by atoms with Crippen LogP contribution in [0.2, 0.25) is 0 Å². The summed E-state index contributed by atoms with van der Waals surface area (Å²) in [6.45, 7) is 3.92. The zero-order chi connectivity index (χ0) is 17.8. The molecule has 128 valence electrons. The molecule has 0 unspecified atom stereocenters. The molecule has 5 nitrogen and oxygen atoms in total. The van der Waals surface area contributed by atoms with Crippen LogP contribution in [0.15, 0.2) is 53.3 Å². The number of hydrogen-bond donors (Lipinski definition) is 2. The van der Waals surface area contributed by atoms with E-state index >= 15 is 0 Å². The van der Waals surface area contributed by atoms with E-state index in [0.717, 1.165) is 22.9 Å². The molecular weight excluding hydrogens is 316 g/mol. The molecule has 0 aliphatic carbocycles. The second-order valence-electron chi connectivity index (χ2n) is 5.92. The highest BCUT2D eigenvalue weighted by molar-refractivity contribution is 5.94. The number of aryl methyl sites for hydroxylation is 2. The number of carbonyl (C=O) groups excluding carboxylic acids is 1. The van der Waals surface area contributed by atoms with Crippen LogP contribution >= 0.6 is 0 Å². The largest absolute Gasteiger partial charge is 0.484 e. The standard InChI is InChI=1S/C20H20N2O3/c1-3-14-10-19(23)22-18-11-15(6-9-17(14)18)21-20(24)12-25-16-7-4-13(2)5-8-16/h4-11H,3,12H2,1-2H3,(H,21,24)(H,22,23). The molecule has 2 aromatic carbocycles. The topological polar surface area (TPSA) is 71.2 Å². The van der Waals surface area contributed by atoms with Gasteiger partial charge in [-0.05, 0) is 43.2 Å². The number of aromatic nitrogens is 1. The Morgan fingerprint density at radius 1 is 1.12 bits per heavy atom. The molecule has 0 aliphatic heterocycles. The quantitative estimate of drug-likeness (QED) is 0.750. The Bertz CT molecular complexity index is 959. The fourth-order valence-corrected chi connectivity index (χ4v) is 2.68. The Labute approximate surface area is 145 Å². The van der Waals surface area contributed by atoms with E-state index in [0.29, 0.717) is 17.0 Å². The number of anilines is 1. The fourth-order valence-electron chi connectivity index (χ4n) is 2.68. The van der Waals surface area contributed by atoms with Crippen LogP contribution in [0.4, 0.5) is 5.69 Å². The maximum absolute atomic E-state index is 12.1. The van der Waals surface area contributed by atoms with E-state index in [2.05, 4.69) is 10.3 Å². The van der Waals surface area contributed by atoms with Crippen LogP contribution in [0.5, 0.6) is 5.75 Å². The van der Waals surface area contributed by atoms with Crippen molar-refractivity contribution in [3.63, 3.8) is 0 Å². The molecular formula is C20H20N2O3. The van der Waals surface area contributed by atoms with Gasteiger partial charge in [0.05, 0.1) is 5.52 Å². The summed E-state index contributed by atoms with van der Waals surface area (Å²) in [6, 6.07) is 14.6. The van der Waals surface area contributed by atoms with Gasteiger partial charge in [-0.1, -0.05) is 30.7 Å². The Kier molecular flexibility index (Phi) is 4.84. The maximum atomic E-state index is 12.1. The molecule has 3 rings (SSSR count). The SMILES string of the molecule is CCc1cc(=O)[nH]c2cc(NC(=O)COc3ccc(C)cc3)ccc12. The molecule has 1 aromatic heterocycles. The van der Waals surface area contributed by atoms with E-state index in [1.54, 1.807) is 12.1 Å². The van der Waals surface area contributed by atoms with Crippen molar-refractivity contribution < 1.29 is 9.53 Å². The molecule has 0 radical (unpaired) electrons. The van der Waals surface area contributed by atoms with E-state index in [1.165, 1.54) is 0 Å². The molecule has 1 amide bonds. The number of aromatic amines is 1. The number of nitrogens with one attached hydrogen (secondary N) is 2. The minimum Gasteiger partial charge on any atom is -0.484 e. The van der Waals surface area contributed by atoms with E-state index in [1.807, 2.05) is 50.2 Å². The van der Waals surface area contributed by atoms with Crippen molar-refractivity contribution >= 4 is 22.5 Å². The average molecular weight is 336 g/mol. The smallest absolute Gasteiger partial charge is 0.262 e. The predicted octanol–water partition coefficient (Wildman–Crippen LogP) is 3.42. The van der Waals surface area contributed by atoms with Gasteiger partial charge in [0.25, 0.3) is 5.91 Å². The molecule has 0 bridgehead atoms. The highest BCUT2D eigenvalue weighted by atomic mass is 16.5. The highest BCUT2D eigenvalue weighted by Crippen LogP contribution is 2.20. The molecule has 1 heterocycles. The first-order valence-electron chi connectivity index (χ1n) is 8.20. The van der Waals surface area contributed by atoms with Gasteiger partial charge in [-0.3, -0.25) is 9.59 Å². The van der Waals surface area contributed by atoms with Crippen molar-refractivity contribution in [2.45, 2.75) is 20.3 Å². The lowest BCUT2D eigenvalue weighted by atomic mass is 10.1. The molecule has 0 fully saturated rings. The monoisotopic (exact) mass is 336 g/mol. The molecule has 2 N–H and O–H groups in total. The maximum Gasteiger partial charge on any atom is 0.262 e. The molecule has 0 atom stereocenters. The van der Waals surface area contributed by atoms with Crippen LogP contribution in [0.1, 0.15) is 18.1 Å². The summed E-state index contributed by atoms with van der Waals surface area (Å²) >= 11 is 0. The van der Waals surface area contributed by atoms with Crippen molar-refractivity contribution in [3.8, 4) is 5.75 Å². The van der Waals surface area contributed by atoms with E-state index < -0.39 is 0 Å². The first kappa shape index (κ1) is 16.8. The van der Waals surface area contributed by atoms with Gasteiger partial charge >= 0.3 is 0 Å². The number of carbonyl (C=O) groups is 1. The number of H-pyrrole nitrogens is 1. The number of ether oxygens (including phenoxy) is 1. The second kappa shape index (κ2) is 7.21. The van der Waals surface area contributed by atoms with E-state index in [-0.39, 0.29) is 18.1 Å². The lowest BCUT2D eigenvalue weighted by Crippen LogP contribution is -2.20. The number of hydrogen-bond acceptors (Lipinski definition) is 3. The zero-order valence-electron chi connectivity index (χ0n) is 14.3. The van der Waals surface area contributed by atoms with Gasteiger partial charge in [0, 0.05) is 17.1 Å². The third-order valence-corrected chi connectivity index (χ3v) is 3.98.